The van der Waals surface area contributed by atoms with Crippen LogP contribution < -0.4 is 10.2 Å². The molecule has 0 aromatic carbocycles. The van der Waals surface area contributed by atoms with Crippen molar-refractivity contribution in [3.63, 3.8) is 0 Å². The van der Waals surface area contributed by atoms with Gasteiger partial charge in [0.25, 0.3) is 0 Å². The Labute approximate surface area is 104 Å². The minimum Gasteiger partial charge on any atom is -0.353 e. The van der Waals surface area contributed by atoms with Crippen molar-refractivity contribution in [2.24, 2.45) is 0 Å². The standard InChI is InChI=1S/C12H14N4S/c1-3-13-4-2-10(1)12-15-11(9-17-12)16-7-5-14-6-8-16/h1-4,9,14H,5-8H2. The Kier molecular flexibility index (Phi) is 3.02. The Hall–Kier alpha value is -1.46. The summed E-state index contributed by atoms with van der Waals surface area (Å²) in [6.07, 6.45) is 3.61. The van der Waals surface area contributed by atoms with Crippen LogP contribution in [0.25, 0.3) is 10.6 Å². The van der Waals surface area contributed by atoms with Gasteiger partial charge in [-0.05, 0) is 12.1 Å². The Morgan fingerprint density at radius 2 is 1.94 bits per heavy atom. The summed E-state index contributed by atoms with van der Waals surface area (Å²) in [7, 11) is 0. The maximum absolute atomic E-state index is 4.69. The van der Waals surface area contributed by atoms with Gasteiger partial charge in [0.15, 0.2) is 0 Å². The molecule has 0 amide bonds. The molecule has 3 heterocycles. The lowest BCUT2D eigenvalue weighted by Gasteiger charge is -2.27. The third-order valence-electron chi connectivity index (χ3n) is 2.86. The van der Waals surface area contributed by atoms with E-state index in [-0.39, 0.29) is 0 Å². The second-order valence-corrected chi connectivity index (χ2v) is 4.84. The van der Waals surface area contributed by atoms with Gasteiger partial charge in [-0.25, -0.2) is 4.98 Å². The van der Waals surface area contributed by atoms with E-state index in [0.29, 0.717) is 0 Å². The Morgan fingerprint density at radius 1 is 1.18 bits per heavy atom. The molecule has 5 heteroatoms. The van der Waals surface area contributed by atoms with Gasteiger partial charge in [0.05, 0.1) is 0 Å². The summed E-state index contributed by atoms with van der Waals surface area (Å²) in [6, 6.07) is 4.00. The first-order valence-corrected chi connectivity index (χ1v) is 6.63. The molecule has 1 N–H and O–H groups in total. The molecule has 0 atom stereocenters. The first-order chi connectivity index (χ1) is 8.43. The fourth-order valence-electron chi connectivity index (χ4n) is 1.93. The van der Waals surface area contributed by atoms with E-state index in [4.69, 9.17) is 4.98 Å². The zero-order chi connectivity index (χ0) is 11.5. The van der Waals surface area contributed by atoms with E-state index in [9.17, 15) is 0 Å². The number of hydrogen-bond donors (Lipinski definition) is 1. The number of nitrogens with zero attached hydrogens (tertiary/aromatic N) is 3. The van der Waals surface area contributed by atoms with E-state index >= 15 is 0 Å². The maximum Gasteiger partial charge on any atom is 0.140 e. The van der Waals surface area contributed by atoms with Crippen molar-refractivity contribution in [2.45, 2.75) is 0 Å². The van der Waals surface area contributed by atoms with Crippen LogP contribution in [0.15, 0.2) is 29.9 Å². The minimum absolute atomic E-state index is 1.04. The lowest BCUT2D eigenvalue weighted by atomic mass is 10.3. The molecule has 0 unspecified atom stereocenters. The Bertz CT molecular complexity index is 476. The van der Waals surface area contributed by atoms with Crippen LogP contribution in [0, 0.1) is 0 Å². The van der Waals surface area contributed by atoms with Crippen LogP contribution in [0.2, 0.25) is 0 Å². The van der Waals surface area contributed by atoms with Crippen molar-refractivity contribution in [1.29, 1.82) is 0 Å². The van der Waals surface area contributed by atoms with Crippen molar-refractivity contribution in [1.82, 2.24) is 15.3 Å². The number of piperazine rings is 1. The number of thiazole rings is 1. The number of nitrogens with one attached hydrogen (secondary N) is 1. The molecule has 3 rings (SSSR count). The molecule has 2 aromatic rings. The van der Waals surface area contributed by atoms with E-state index in [1.54, 1.807) is 23.7 Å². The van der Waals surface area contributed by atoms with Crippen LogP contribution in [0.5, 0.6) is 0 Å². The molecule has 0 bridgehead atoms. The van der Waals surface area contributed by atoms with E-state index in [2.05, 4.69) is 20.6 Å². The summed E-state index contributed by atoms with van der Waals surface area (Å²) < 4.78 is 0. The van der Waals surface area contributed by atoms with Gasteiger partial charge >= 0.3 is 0 Å². The molecule has 0 saturated carbocycles. The monoisotopic (exact) mass is 246 g/mol. The Balaban J connectivity index is 1.83. The van der Waals surface area contributed by atoms with Crippen LogP contribution >= 0.6 is 11.3 Å². The van der Waals surface area contributed by atoms with Crippen molar-refractivity contribution in [3.8, 4) is 10.6 Å². The van der Waals surface area contributed by atoms with Gasteiger partial charge in [-0.15, -0.1) is 11.3 Å². The van der Waals surface area contributed by atoms with Gasteiger partial charge < -0.3 is 10.2 Å². The third-order valence-corrected chi connectivity index (χ3v) is 3.74. The number of anilines is 1. The summed E-state index contributed by atoms with van der Waals surface area (Å²) in [6.45, 7) is 4.17. The first-order valence-electron chi connectivity index (χ1n) is 5.75. The maximum atomic E-state index is 4.69. The predicted octanol–water partition coefficient (Wildman–Crippen LogP) is 1.61. The third kappa shape index (κ3) is 2.30. The smallest absolute Gasteiger partial charge is 0.140 e. The molecule has 0 radical (unpaired) electrons. The topological polar surface area (TPSA) is 41.1 Å². The highest BCUT2D eigenvalue weighted by Crippen LogP contribution is 2.27. The molecule has 1 fully saturated rings. The SMILES string of the molecule is c1cc(-c2nc(N3CCNCC3)cs2)ccn1. The highest BCUT2D eigenvalue weighted by Gasteiger charge is 2.13. The summed E-state index contributed by atoms with van der Waals surface area (Å²) in [5, 5.41) is 6.56. The molecular weight excluding hydrogens is 232 g/mol. The molecule has 0 aliphatic carbocycles. The number of rotatable bonds is 2. The van der Waals surface area contributed by atoms with Gasteiger partial charge in [-0.2, -0.15) is 0 Å². The lowest BCUT2D eigenvalue weighted by Crippen LogP contribution is -2.43. The normalized spacial score (nSPS) is 16.1. The second-order valence-electron chi connectivity index (χ2n) is 3.98. The van der Waals surface area contributed by atoms with Crippen molar-refractivity contribution in [2.75, 3.05) is 31.1 Å². The van der Waals surface area contributed by atoms with Gasteiger partial charge in [-0.1, -0.05) is 0 Å². The number of aromatic nitrogens is 2. The molecule has 1 aliphatic rings. The van der Waals surface area contributed by atoms with Crippen LogP contribution in [-0.4, -0.2) is 36.1 Å². The molecule has 0 spiro atoms. The van der Waals surface area contributed by atoms with Crippen molar-refractivity contribution in [3.05, 3.63) is 29.9 Å². The van der Waals surface area contributed by atoms with Crippen molar-refractivity contribution < 1.29 is 0 Å². The van der Waals surface area contributed by atoms with Gasteiger partial charge in [0, 0.05) is 49.5 Å². The van der Waals surface area contributed by atoms with Crippen LogP contribution in [0.3, 0.4) is 0 Å². The van der Waals surface area contributed by atoms with Crippen molar-refractivity contribution >= 4 is 17.2 Å². The molecule has 17 heavy (non-hydrogen) atoms. The second kappa shape index (κ2) is 4.81. The molecule has 88 valence electrons. The number of hydrogen-bond acceptors (Lipinski definition) is 5. The minimum atomic E-state index is 1.04. The number of pyridine rings is 1. The van der Waals surface area contributed by atoms with Crippen LogP contribution in [0.4, 0.5) is 5.82 Å². The average molecular weight is 246 g/mol. The summed E-state index contributed by atoms with van der Waals surface area (Å²) in [5.74, 6) is 1.10. The fraction of sp³-hybridized carbons (Fsp3) is 0.333. The fourth-order valence-corrected chi connectivity index (χ4v) is 2.77. The molecule has 1 aliphatic heterocycles. The van der Waals surface area contributed by atoms with E-state index in [0.717, 1.165) is 42.6 Å². The zero-order valence-electron chi connectivity index (χ0n) is 9.47. The van der Waals surface area contributed by atoms with E-state index in [1.165, 1.54) is 0 Å². The van der Waals surface area contributed by atoms with E-state index < -0.39 is 0 Å². The lowest BCUT2D eigenvalue weighted by molar-refractivity contribution is 0.586. The predicted molar refractivity (Wildman–Crippen MR) is 70.4 cm³/mol. The highest BCUT2D eigenvalue weighted by molar-refractivity contribution is 7.13. The first kappa shape index (κ1) is 10.7. The average Bonchev–Trinajstić information content (AvgIpc) is 2.90. The van der Waals surface area contributed by atoms with E-state index in [1.807, 2.05) is 12.1 Å². The summed E-state index contributed by atoms with van der Waals surface area (Å²) in [5.41, 5.74) is 1.14. The van der Waals surface area contributed by atoms with Gasteiger partial charge in [0.2, 0.25) is 0 Å². The Morgan fingerprint density at radius 3 is 2.71 bits per heavy atom. The largest absolute Gasteiger partial charge is 0.353 e. The molecular formula is C12H14N4S. The molecule has 4 nitrogen and oxygen atoms in total. The summed E-state index contributed by atoms with van der Waals surface area (Å²) >= 11 is 1.70. The van der Waals surface area contributed by atoms with Crippen LogP contribution in [-0.2, 0) is 0 Å². The summed E-state index contributed by atoms with van der Waals surface area (Å²) in [4.78, 5) is 11.0. The van der Waals surface area contributed by atoms with Gasteiger partial charge in [0.1, 0.15) is 10.8 Å². The molecule has 2 aromatic heterocycles. The quantitative estimate of drug-likeness (QED) is 0.874. The highest BCUT2D eigenvalue weighted by atomic mass is 32.1. The van der Waals surface area contributed by atoms with Crippen LogP contribution in [0.1, 0.15) is 0 Å². The van der Waals surface area contributed by atoms with Gasteiger partial charge in [-0.3, -0.25) is 4.98 Å². The molecule has 1 saturated heterocycles. The zero-order valence-corrected chi connectivity index (χ0v) is 10.3.